The van der Waals surface area contributed by atoms with Crippen molar-refractivity contribution >= 4 is 17.5 Å². The topological polar surface area (TPSA) is 84.4 Å². The number of rotatable bonds is 9. The van der Waals surface area contributed by atoms with Gasteiger partial charge in [-0.2, -0.15) is 0 Å². The summed E-state index contributed by atoms with van der Waals surface area (Å²) in [5.74, 6) is -0.795. The Bertz CT molecular complexity index is 1180. The number of aromatic nitrogens is 2. The second-order valence-electron chi connectivity index (χ2n) is 8.35. The number of unbranched alkanes of at least 4 members (excludes halogenated alkanes) is 3. The number of anilines is 1. The van der Waals surface area contributed by atoms with Crippen LogP contribution in [0.5, 0.6) is 5.75 Å². The third kappa shape index (κ3) is 4.62. The summed E-state index contributed by atoms with van der Waals surface area (Å²) in [5, 5.41) is 3.04. The largest absolute Gasteiger partial charge is 0.494 e. The quantitative estimate of drug-likeness (QED) is 0.387. The fourth-order valence-electron chi connectivity index (χ4n) is 4.27. The highest BCUT2D eigenvalue weighted by atomic mass is 16.5. The molecule has 0 bridgehead atoms. The molecule has 2 amide bonds. The first kappa shape index (κ1) is 22.6. The average Bonchev–Trinajstić information content (AvgIpc) is 3.28. The van der Waals surface area contributed by atoms with Gasteiger partial charge in [0.1, 0.15) is 5.75 Å². The molecule has 0 saturated carbocycles. The molecule has 2 aromatic carbocycles. The highest BCUT2D eigenvalue weighted by Crippen LogP contribution is 2.33. The Morgan fingerprint density at radius 3 is 2.36 bits per heavy atom. The maximum Gasteiger partial charge on any atom is 0.275 e. The molecule has 1 N–H and O–H groups in total. The van der Waals surface area contributed by atoms with Crippen molar-refractivity contribution in [1.29, 1.82) is 0 Å². The van der Waals surface area contributed by atoms with Gasteiger partial charge < -0.3 is 4.74 Å². The van der Waals surface area contributed by atoms with Gasteiger partial charge in [-0.25, -0.2) is 9.58 Å². The first-order valence-electron chi connectivity index (χ1n) is 11.5. The molecule has 1 aliphatic heterocycles. The fourth-order valence-corrected chi connectivity index (χ4v) is 4.27. The second-order valence-corrected chi connectivity index (χ2v) is 8.35. The zero-order chi connectivity index (χ0) is 23.4. The standard InChI is InChI=1S/C26H29N3O4/c1-3-4-5-9-16-33-21-14-12-19(13-15-21)28-23(30)17-22(25(28)31)24-18(2)27-29(26(24)32)20-10-7-6-8-11-20/h6-8,10-15,22,27H,3-5,9,16-17H2,1-2H3/t22-/m1/s1. The van der Waals surface area contributed by atoms with Crippen LogP contribution in [-0.4, -0.2) is 28.2 Å². The Hall–Kier alpha value is -3.61. The van der Waals surface area contributed by atoms with Crippen LogP contribution in [-0.2, 0) is 9.59 Å². The van der Waals surface area contributed by atoms with Crippen LogP contribution in [0.1, 0.15) is 56.2 Å². The number of amides is 2. The molecule has 0 radical (unpaired) electrons. The van der Waals surface area contributed by atoms with Gasteiger partial charge in [0.05, 0.1) is 29.5 Å². The third-order valence-corrected chi connectivity index (χ3v) is 5.99. The number of hydrogen-bond acceptors (Lipinski definition) is 4. The molecule has 7 nitrogen and oxygen atoms in total. The molecular formula is C26H29N3O4. The van der Waals surface area contributed by atoms with Crippen molar-refractivity contribution in [1.82, 2.24) is 9.78 Å². The minimum Gasteiger partial charge on any atom is -0.494 e. The van der Waals surface area contributed by atoms with Crippen LogP contribution in [0.3, 0.4) is 0 Å². The van der Waals surface area contributed by atoms with E-state index in [0.717, 1.165) is 12.8 Å². The van der Waals surface area contributed by atoms with Crippen molar-refractivity contribution in [2.75, 3.05) is 11.5 Å². The van der Waals surface area contributed by atoms with Gasteiger partial charge in [0.2, 0.25) is 11.8 Å². The smallest absolute Gasteiger partial charge is 0.275 e. The molecule has 0 unspecified atom stereocenters. The van der Waals surface area contributed by atoms with Crippen molar-refractivity contribution < 1.29 is 14.3 Å². The Morgan fingerprint density at radius 1 is 0.939 bits per heavy atom. The summed E-state index contributed by atoms with van der Waals surface area (Å²) in [6, 6.07) is 16.1. The minimum atomic E-state index is -0.805. The Kier molecular flexibility index (Phi) is 6.77. The van der Waals surface area contributed by atoms with E-state index in [4.69, 9.17) is 4.74 Å². The number of imide groups is 1. The number of nitrogens with one attached hydrogen (secondary N) is 1. The van der Waals surface area contributed by atoms with Crippen LogP contribution in [0.2, 0.25) is 0 Å². The maximum atomic E-state index is 13.2. The van der Waals surface area contributed by atoms with Crippen molar-refractivity contribution in [3.05, 3.63) is 76.2 Å². The number of carbonyl (C=O) groups excluding carboxylic acids is 2. The van der Waals surface area contributed by atoms with E-state index >= 15 is 0 Å². The number of benzene rings is 2. The van der Waals surface area contributed by atoms with Crippen molar-refractivity contribution in [2.45, 2.75) is 51.9 Å². The summed E-state index contributed by atoms with van der Waals surface area (Å²) in [6.07, 6.45) is 4.47. The monoisotopic (exact) mass is 447 g/mol. The van der Waals surface area contributed by atoms with Gasteiger partial charge in [0.25, 0.3) is 5.56 Å². The molecule has 1 atom stereocenters. The van der Waals surface area contributed by atoms with E-state index in [1.54, 1.807) is 31.2 Å². The van der Waals surface area contributed by atoms with E-state index in [9.17, 15) is 14.4 Å². The summed E-state index contributed by atoms with van der Waals surface area (Å²) < 4.78 is 7.17. The zero-order valence-corrected chi connectivity index (χ0v) is 19.0. The summed E-state index contributed by atoms with van der Waals surface area (Å²) in [5.41, 5.74) is 1.78. The number of hydrogen-bond donors (Lipinski definition) is 1. The number of ether oxygens (including phenoxy) is 1. The second kappa shape index (κ2) is 9.90. The van der Waals surface area contributed by atoms with Gasteiger partial charge in [0.15, 0.2) is 0 Å². The van der Waals surface area contributed by atoms with Crippen LogP contribution in [0.4, 0.5) is 5.69 Å². The van der Waals surface area contributed by atoms with Crippen LogP contribution in [0.15, 0.2) is 59.4 Å². The van der Waals surface area contributed by atoms with Gasteiger partial charge in [-0.3, -0.25) is 19.5 Å². The number of nitrogens with zero attached hydrogens (tertiary/aromatic N) is 2. The SMILES string of the molecule is CCCCCCOc1ccc(N2C(=O)C[C@H](c3c(C)[nH]n(-c4ccccc4)c3=O)C2=O)cc1. The Morgan fingerprint density at radius 2 is 1.67 bits per heavy atom. The van der Waals surface area contributed by atoms with E-state index in [-0.39, 0.29) is 23.8 Å². The summed E-state index contributed by atoms with van der Waals surface area (Å²) in [7, 11) is 0. The zero-order valence-electron chi connectivity index (χ0n) is 19.0. The predicted molar refractivity (Wildman–Crippen MR) is 127 cm³/mol. The molecule has 3 aromatic rings. The third-order valence-electron chi connectivity index (χ3n) is 5.99. The highest BCUT2D eigenvalue weighted by molar-refractivity contribution is 6.22. The molecule has 1 saturated heterocycles. The van der Waals surface area contributed by atoms with E-state index in [0.29, 0.717) is 35.0 Å². The number of aryl methyl sites for hydroxylation is 1. The van der Waals surface area contributed by atoms with E-state index in [2.05, 4.69) is 12.0 Å². The number of carbonyl (C=O) groups is 2. The van der Waals surface area contributed by atoms with Crippen LogP contribution >= 0.6 is 0 Å². The molecule has 0 spiro atoms. The first-order valence-corrected chi connectivity index (χ1v) is 11.5. The van der Waals surface area contributed by atoms with E-state index < -0.39 is 5.92 Å². The highest BCUT2D eigenvalue weighted by Gasteiger charge is 2.43. The number of aromatic amines is 1. The van der Waals surface area contributed by atoms with Crippen LogP contribution in [0.25, 0.3) is 5.69 Å². The maximum absolute atomic E-state index is 13.2. The van der Waals surface area contributed by atoms with E-state index in [1.165, 1.54) is 22.4 Å². The molecule has 33 heavy (non-hydrogen) atoms. The van der Waals surface area contributed by atoms with Crippen molar-refractivity contribution in [2.24, 2.45) is 0 Å². The molecule has 2 heterocycles. The van der Waals surface area contributed by atoms with Crippen LogP contribution < -0.4 is 15.2 Å². The molecule has 1 aromatic heterocycles. The van der Waals surface area contributed by atoms with Gasteiger partial charge in [-0.15, -0.1) is 0 Å². The number of H-pyrrole nitrogens is 1. The average molecular weight is 448 g/mol. The lowest BCUT2D eigenvalue weighted by molar-refractivity contribution is -0.121. The number of para-hydroxylation sites is 1. The molecule has 7 heteroatoms. The minimum absolute atomic E-state index is 0.0305. The lowest BCUT2D eigenvalue weighted by atomic mass is 9.98. The summed E-state index contributed by atoms with van der Waals surface area (Å²) in [6.45, 7) is 4.56. The van der Waals surface area contributed by atoms with Crippen molar-refractivity contribution in [3.8, 4) is 11.4 Å². The van der Waals surface area contributed by atoms with E-state index in [1.807, 2.05) is 30.3 Å². The normalized spacial score (nSPS) is 15.9. The molecular weight excluding hydrogens is 418 g/mol. The summed E-state index contributed by atoms with van der Waals surface area (Å²) in [4.78, 5) is 40.3. The van der Waals surface area contributed by atoms with Gasteiger partial charge in [-0.1, -0.05) is 44.4 Å². The molecule has 0 aliphatic carbocycles. The Labute approximate surface area is 193 Å². The summed E-state index contributed by atoms with van der Waals surface area (Å²) >= 11 is 0. The fraction of sp³-hybridized carbons (Fsp3) is 0.346. The Balaban J connectivity index is 1.51. The predicted octanol–water partition coefficient (Wildman–Crippen LogP) is 4.48. The first-order chi connectivity index (χ1) is 16.0. The molecule has 1 fully saturated rings. The molecule has 172 valence electrons. The molecule has 4 rings (SSSR count). The molecule has 1 aliphatic rings. The lowest BCUT2D eigenvalue weighted by Crippen LogP contribution is -2.31. The lowest BCUT2D eigenvalue weighted by Gasteiger charge is -2.15. The van der Waals surface area contributed by atoms with Gasteiger partial charge >= 0.3 is 0 Å². The van der Waals surface area contributed by atoms with Crippen LogP contribution in [0, 0.1) is 6.92 Å². The van der Waals surface area contributed by atoms with Gasteiger partial charge in [0, 0.05) is 12.1 Å². The van der Waals surface area contributed by atoms with Crippen molar-refractivity contribution in [3.63, 3.8) is 0 Å². The van der Waals surface area contributed by atoms with Gasteiger partial charge in [-0.05, 0) is 49.7 Å².